The molecular formula is C12H14N2O2. The summed E-state index contributed by atoms with van der Waals surface area (Å²) >= 11 is 0. The lowest BCUT2D eigenvalue weighted by atomic mass is 10.2. The van der Waals surface area contributed by atoms with Gasteiger partial charge in [-0.15, -0.1) is 0 Å². The number of carbonyl (C=O) groups is 2. The van der Waals surface area contributed by atoms with Crippen molar-refractivity contribution in [1.29, 1.82) is 0 Å². The fourth-order valence-electron chi connectivity index (χ4n) is 1.74. The highest BCUT2D eigenvalue weighted by Crippen LogP contribution is 2.16. The number of amides is 1. The summed E-state index contributed by atoms with van der Waals surface area (Å²) in [4.78, 5) is 25.8. The van der Waals surface area contributed by atoms with Crippen LogP contribution in [0, 0.1) is 0 Å². The highest BCUT2D eigenvalue weighted by atomic mass is 16.2. The Morgan fingerprint density at radius 1 is 1.19 bits per heavy atom. The molecule has 2 rings (SSSR count). The average molecular weight is 218 g/mol. The van der Waals surface area contributed by atoms with Gasteiger partial charge in [-0.3, -0.25) is 9.59 Å². The van der Waals surface area contributed by atoms with E-state index in [-0.39, 0.29) is 5.91 Å². The van der Waals surface area contributed by atoms with Gasteiger partial charge >= 0.3 is 0 Å². The SMILES string of the molecule is CN1CCN(c2ccc(C=O)cc2)CC1=O. The molecule has 0 N–H and O–H groups in total. The van der Waals surface area contributed by atoms with Gasteiger partial charge in [0.1, 0.15) is 6.29 Å². The molecule has 1 aliphatic heterocycles. The lowest BCUT2D eigenvalue weighted by molar-refractivity contribution is -0.129. The van der Waals surface area contributed by atoms with Gasteiger partial charge in [0.15, 0.2) is 0 Å². The van der Waals surface area contributed by atoms with Crippen molar-refractivity contribution in [2.24, 2.45) is 0 Å². The molecule has 0 bridgehead atoms. The largest absolute Gasteiger partial charge is 0.360 e. The Hall–Kier alpha value is -1.84. The first-order valence-corrected chi connectivity index (χ1v) is 5.25. The van der Waals surface area contributed by atoms with E-state index in [0.717, 1.165) is 25.1 Å². The molecule has 1 aliphatic rings. The Morgan fingerprint density at radius 3 is 2.44 bits per heavy atom. The van der Waals surface area contributed by atoms with Crippen molar-refractivity contribution in [1.82, 2.24) is 4.90 Å². The monoisotopic (exact) mass is 218 g/mol. The van der Waals surface area contributed by atoms with Crippen LogP contribution >= 0.6 is 0 Å². The van der Waals surface area contributed by atoms with Crippen molar-refractivity contribution in [2.45, 2.75) is 0 Å². The predicted octanol–water partition coefficient (Wildman–Crippen LogP) is 0.778. The Morgan fingerprint density at radius 2 is 1.88 bits per heavy atom. The summed E-state index contributed by atoms with van der Waals surface area (Å²) in [6.45, 7) is 1.99. The Kier molecular flexibility index (Phi) is 2.90. The number of hydrogen-bond acceptors (Lipinski definition) is 3. The molecule has 1 aromatic rings. The third-order valence-corrected chi connectivity index (χ3v) is 2.85. The number of benzene rings is 1. The van der Waals surface area contributed by atoms with E-state index in [0.29, 0.717) is 12.1 Å². The number of hydrogen-bond donors (Lipinski definition) is 0. The number of rotatable bonds is 2. The summed E-state index contributed by atoms with van der Waals surface area (Å²) in [7, 11) is 1.81. The standard InChI is InChI=1S/C12H14N2O2/c1-13-6-7-14(8-12(13)16)11-4-2-10(9-15)3-5-11/h2-5,9H,6-8H2,1H3. The van der Waals surface area contributed by atoms with E-state index in [1.54, 1.807) is 17.0 Å². The van der Waals surface area contributed by atoms with Gasteiger partial charge in [-0.25, -0.2) is 0 Å². The Bertz CT molecular complexity index is 400. The fraction of sp³-hybridized carbons (Fsp3) is 0.333. The molecule has 1 heterocycles. The number of likely N-dealkylation sites (N-methyl/N-ethyl adjacent to an activating group) is 1. The summed E-state index contributed by atoms with van der Waals surface area (Å²) in [5, 5.41) is 0. The quantitative estimate of drug-likeness (QED) is 0.689. The van der Waals surface area contributed by atoms with Crippen LogP contribution in [0.15, 0.2) is 24.3 Å². The smallest absolute Gasteiger partial charge is 0.241 e. The van der Waals surface area contributed by atoms with Crippen LogP contribution in [0.2, 0.25) is 0 Å². The molecule has 1 aromatic carbocycles. The van der Waals surface area contributed by atoms with Gasteiger partial charge in [0, 0.05) is 31.4 Å². The minimum Gasteiger partial charge on any atom is -0.360 e. The zero-order valence-corrected chi connectivity index (χ0v) is 9.22. The van der Waals surface area contributed by atoms with Crippen LogP contribution in [0.3, 0.4) is 0 Å². The lowest BCUT2D eigenvalue weighted by Crippen LogP contribution is -2.48. The zero-order valence-electron chi connectivity index (χ0n) is 9.22. The van der Waals surface area contributed by atoms with Crippen molar-refractivity contribution >= 4 is 17.9 Å². The minimum absolute atomic E-state index is 0.130. The topological polar surface area (TPSA) is 40.6 Å². The third kappa shape index (κ3) is 2.05. The summed E-state index contributed by atoms with van der Waals surface area (Å²) in [6.07, 6.45) is 0.818. The van der Waals surface area contributed by atoms with Crippen LogP contribution in [0.1, 0.15) is 10.4 Å². The molecule has 0 unspecified atom stereocenters. The van der Waals surface area contributed by atoms with E-state index in [1.165, 1.54) is 0 Å². The molecule has 4 heteroatoms. The Balaban J connectivity index is 2.12. The predicted molar refractivity (Wildman–Crippen MR) is 61.7 cm³/mol. The number of carbonyl (C=O) groups excluding carboxylic acids is 2. The fourth-order valence-corrected chi connectivity index (χ4v) is 1.74. The maximum atomic E-state index is 11.5. The van der Waals surface area contributed by atoms with Gasteiger partial charge < -0.3 is 9.80 Å². The molecule has 0 atom stereocenters. The van der Waals surface area contributed by atoms with E-state index in [1.807, 2.05) is 24.1 Å². The normalized spacial score (nSPS) is 16.4. The van der Waals surface area contributed by atoms with E-state index in [4.69, 9.17) is 0 Å². The molecule has 1 amide bonds. The first-order valence-electron chi connectivity index (χ1n) is 5.25. The molecule has 0 aromatic heterocycles. The summed E-state index contributed by atoms with van der Waals surface area (Å²) in [6, 6.07) is 7.29. The van der Waals surface area contributed by atoms with Gasteiger partial charge in [-0.2, -0.15) is 0 Å². The van der Waals surface area contributed by atoms with Crippen molar-refractivity contribution in [3.63, 3.8) is 0 Å². The van der Waals surface area contributed by atoms with E-state index in [2.05, 4.69) is 0 Å². The lowest BCUT2D eigenvalue weighted by Gasteiger charge is -2.33. The van der Waals surface area contributed by atoms with Crippen LogP contribution in [0.25, 0.3) is 0 Å². The van der Waals surface area contributed by atoms with E-state index in [9.17, 15) is 9.59 Å². The second kappa shape index (κ2) is 4.35. The van der Waals surface area contributed by atoms with Crippen LogP contribution in [-0.4, -0.2) is 43.8 Å². The third-order valence-electron chi connectivity index (χ3n) is 2.85. The van der Waals surface area contributed by atoms with Gasteiger partial charge in [0.05, 0.1) is 6.54 Å². The molecule has 0 saturated carbocycles. The maximum absolute atomic E-state index is 11.5. The molecule has 0 spiro atoms. The van der Waals surface area contributed by atoms with Crippen LogP contribution in [0.4, 0.5) is 5.69 Å². The molecule has 1 fully saturated rings. The molecule has 16 heavy (non-hydrogen) atoms. The van der Waals surface area contributed by atoms with Crippen LogP contribution < -0.4 is 4.90 Å². The second-order valence-corrected chi connectivity index (χ2v) is 3.95. The first-order chi connectivity index (χ1) is 7.70. The summed E-state index contributed by atoms with van der Waals surface area (Å²) in [5.74, 6) is 0.130. The molecule has 0 radical (unpaired) electrons. The number of piperazine rings is 1. The number of anilines is 1. The van der Waals surface area contributed by atoms with Crippen LogP contribution in [0.5, 0.6) is 0 Å². The second-order valence-electron chi connectivity index (χ2n) is 3.95. The average Bonchev–Trinajstić information content (AvgIpc) is 2.33. The molecular weight excluding hydrogens is 204 g/mol. The van der Waals surface area contributed by atoms with E-state index < -0.39 is 0 Å². The van der Waals surface area contributed by atoms with Gasteiger partial charge in [-0.05, 0) is 24.3 Å². The molecule has 84 valence electrons. The first kappa shape index (κ1) is 10.7. The molecule has 1 saturated heterocycles. The van der Waals surface area contributed by atoms with Gasteiger partial charge in [0.2, 0.25) is 5.91 Å². The van der Waals surface area contributed by atoms with E-state index >= 15 is 0 Å². The molecule has 0 aliphatic carbocycles. The summed E-state index contributed by atoms with van der Waals surface area (Å²) in [5.41, 5.74) is 1.65. The number of nitrogens with zero attached hydrogens (tertiary/aromatic N) is 2. The highest BCUT2D eigenvalue weighted by molar-refractivity contribution is 5.83. The van der Waals surface area contributed by atoms with Crippen molar-refractivity contribution in [3.05, 3.63) is 29.8 Å². The maximum Gasteiger partial charge on any atom is 0.241 e. The van der Waals surface area contributed by atoms with Gasteiger partial charge in [-0.1, -0.05) is 0 Å². The van der Waals surface area contributed by atoms with Crippen molar-refractivity contribution < 1.29 is 9.59 Å². The Labute approximate surface area is 94.5 Å². The van der Waals surface area contributed by atoms with Crippen LogP contribution in [-0.2, 0) is 4.79 Å². The molecule has 4 nitrogen and oxygen atoms in total. The van der Waals surface area contributed by atoms with Crippen molar-refractivity contribution in [3.8, 4) is 0 Å². The number of aldehydes is 1. The zero-order chi connectivity index (χ0) is 11.5. The van der Waals surface area contributed by atoms with Crippen molar-refractivity contribution in [2.75, 3.05) is 31.6 Å². The van der Waals surface area contributed by atoms with Gasteiger partial charge in [0.25, 0.3) is 0 Å². The highest BCUT2D eigenvalue weighted by Gasteiger charge is 2.20. The summed E-state index contributed by atoms with van der Waals surface area (Å²) < 4.78 is 0. The minimum atomic E-state index is 0.130.